The van der Waals surface area contributed by atoms with E-state index in [0.29, 0.717) is 18.1 Å². The van der Waals surface area contributed by atoms with E-state index in [4.69, 9.17) is 16.3 Å². The molecular weight excluding hydrogens is 200 g/mol. The van der Waals surface area contributed by atoms with Crippen LogP contribution in [0.25, 0.3) is 0 Å². The molecule has 1 rings (SSSR count). The lowest BCUT2D eigenvalue weighted by molar-refractivity contribution is -0.107. The first-order valence-corrected chi connectivity index (χ1v) is 4.92. The molecule has 14 heavy (non-hydrogen) atoms. The van der Waals surface area contributed by atoms with Gasteiger partial charge in [0, 0.05) is 17.0 Å². The molecule has 0 saturated heterocycles. The van der Waals surface area contributed by atoms with E-state index >= 15 is 0 Å². The zero-order valence-electron chi connectivity index (χ0n) is 8.34. The fourth-order valence-corrected chi connectivity index (χ4v) is 1.42. The lowest BCUT2D eigenvalue weighted by Crippen LogP contribution is -1.98. The number of carbonyl (C=O) groups is 1. The number of ether oxygens (including phenoxy) is 1. The van der Waals surface area contributed by atoms with Crippen LogP contribution in [0.3, 0.4) is 0 Å². The van der Waals surface area contributed by atoms with Crippen molar-refractivity contribution >= 4 is 17.9 Å². The average Bonchev–Trinajstić information content (AvgIpc) is 2.14. The van der Waals surface area contributed by atoms with Crippen LogP contribution < -0.4 is 4.74 Å². The molecule has 2 nitrogen and oxygen atoms in total. The third-order valence-electron chi connectivity index (χ3n) is 1.94. The van der Waals surface area contributed by atoms with Crippen LogP contribution in [0.2, 0.25) is 5.02 Å². The smallest absolute Gasteiger partial charge is 0.124 e. The number of rotatable bonds is 4. The third kappa shape index (κ3) is 2.48. The molecule has 0 aromatic heterocycles. The molecule has 0 N–H and O–H groups in total. The van der Waals surface area contributed by atoms with Gasteiger partial charge in [-0.3, -0.25) is 0 Å². The quantitative estimate of drug-likeness (QED) is 0.718. The van der Waals surface area contributed by atoms with Crippen LogP contribution in [-0.4, -0.2) is 12.9 Å². The molecule has 0 heterocycles. The second kappa shape index (κ2) is 5.01. The van der Waals surface area contributed by atoms with Crippen molar-refractivity contribution in [2.45, 2.75) is 20.3 Å². The van der Waals surface area contributed by atoms with Crippen molar-refractivity contribution in [3.63, 3.8) is 0 Å². The summed E-state index contributed by atoms with van der Waals surface area (Å²) in [6, 6.07) is 3.65. The summed E-state index contributed by atoms with van der Waals surface area (Å²) in [5.74, 6) is 0.751. The molecule has 0 fully saturated rings. The van der Waals surface area contributed by atoms with Crippen LogP contribution in [-0.2, 0) is 11.2 Å². The largest absolute Gasteiger partial charge is 0.494 e. The molecular formula is C11H13ClO2. The van der Waals surface area contributed by atoms with E-state index in [1.165, 1.54) is 0 Å². The molecule has 1 aromatic carbocycles. The number of hydrogen-bond acceptors (Lipinski definition) is 2. The average molecular weight is 213 g/mol. The van der Waals surface area contributed by atoms with Crippen molar-refractivity contribution < 1.29 is 9.53 Å². The van der Waals surface area contributed by atoms with Gasteiger partial charge in [0.15, 0.2) is 0 Å². The molecule has 0 unspecified atom stereocenters. The van der Waals surface area contributed by atoms with Gasteiger partial charge in [0.2, 0.25) is 0 Å². The van der Waals surface area contributed by atoms with Gasteiger partial charge in [-0.1, -0.05) is 11.6 Å². The molecule has 0 radical (unpaired) electrons. The summed E-state index contributed by atoms with van der Waals surface area (Å²) in [5, 5.41) is 0.672. The lowest BCUT2D eigenvalue weighted by atomic mass is 10.1. The van der Waals surface area contributed by atoms with Crippen molar-refractivity contribution in [3.05, 3.63) is 28.3 Å². The van der Waals surface area contributed by atoms with Gasteiger partial charge in [0.25, 0.3) is 0 Å². The standard InChI is InChI=1S/C11H13ClO2/c1-3-14-11-6-8(2)10(12)7-9(11)4-5-13/h5-7H,3-4H2,1-2H3. The minimum absolute atomic E-state index is 0.343. The molecule has 0 aliphatic carbocycles. The molecule has 0 aliphatic rings. The SMILES string of the molecule is CCOc1cc(C)c(Cl)cc1CC=O. The summed E-state index contributed by atoms with van der Waals surface area (Å²) < 4.78 is 5.41. The van der Waals surface area contributed by atoms with Gasteiger partial charge in [0.1, 0.15) is 12.0 Å². The summed E-state index contributed by atoms with van der Waals surface area (Å²) in [4.78, 5) is 10.4. The number of aldehydes is 1. The Labute approximate surface area is 88.8 Å². The molecule has 1 aromatic rings. The molecule has 0 atom stereocenters. The highest BCUT2D eigenvalue weighted by Crippen LogP contribution is 2.26. The van der Waals surface area contributed by atoms with E-state index in [1.807, 2.05) is 19.9 Å². The molecule has 0 bridgehead atoms. The topological polar surface area (TPSA) is 26.3 Å². The van der Waals surface area contributed by atoms with Crippen LogP contribution in [0.5, 0.6) is 5.75 Å². The predicted octanol–water partition coefficient (Wildman–Crippen LogP) is 2.79. The van der Waals surface area contributed by atoms with Crippen molar-refractivity contribution in [2.75, 3.05) is 6.61 Å². The summed E-state index contributed by atoms with van der Waals surface area (Å²) in [6.45, 7) is 4.41. The molecule has 0 spiro atoms. The van der Waals surface area contributed by atoms with Crippen LogP contribution in [0, 0.1) is 6.92 Å². The molecule has 0 saturated carbocycles. The van der Waals surface area contributed by atoms with Gasteiger partial charge in [-0.2, -0.15) is 0 Å². The van der Waals surface area contributed by atoms with Gasteiger partial charge in [0.05, 0.1) is 6.61 Å². The van der Waals surface area contributed by atoms with E-state index in [9.17, 15) is 4.79 Å². The number of hydrogen-bond donors (Lipinski definition) is 0. The van der Waals surface area contributed by atoms with E-state index in [0.717, 1.165) is 23.2 Å². The molecule has 3 heteroatoms. The van der Waals surface area contributed by atoms with E-state index < -0.39 is 0 Å². The first-order valence-electron chi connectivity index (χ1n) is 4.54. The fourth-order valence-electron chi connectivity index (χ4n) is 1.24. The number of carbonyl (C=O) groups excluding carboxylic acids is 1. The maximum Gasteiger partial charge on any atom is 0.124 e. The Balaban J connectivity index is 3.09. The van der Waals surface area contributed by atoms with Gasteiger partial charge in [-0.15, -0.1) is 0 Å². The van der Waals surface area contributed by atoms with Crippen molar-refractivity contribution in [3.8, 4) is 5.75 Å². The van der Waals surface area contributed by atoms with Gasteiger partial charge < -0.3 is 9.53 Å². The highest BCUT2D eigenvalue weighted by molar-refractivity contribution is 6.31. The Morgan fingerprint density at radius 2 is 2.21 bits per heavy atom. The van der Waals surface area contributed by atoms with Gasteiger partial charge >= 0.3 is 0 Å². The monoisotopic (exact) mass is 212 g/mol. The van der Waals surface area contributed by atoms with E-state index in [-0.39, 0.29) is 0 Å². The van der Waals surface area contributed by atoms with E-state index in [2.05, 4.69) is 0 Å². The fraction of sp³-hybridized carbons (Fsp3) is 0.364. The van der Waals surface area contributed by atoms with Gasteiger partial charge in [-0.05, 0) is 31.5 Å². The second-order valence-electron chi connectivity index (χ2n) is 3.01. The zero-order valence-corrected chi connectivity index (χ0v) is 9.10. The third-order valence-corrected chi connectivity index (χ3v) is 2.35. The Morgan fingerprint density at radius 1 is 1.50 bits per heavy atom. The van der Waals surface area contributed by atoms with Gasteiger partial charge in [-0.25, -0.2) is 0 Å². The summed E-state index contributed by atoms with van der Waals surface area (Å²) >= 11 is 5.95. The Hall–Kier alpha value is -1.02. The molecule has 76 valence electrons. The number of benzene rings is 1. The zero-order chi connectivity index (χ0) is 10.6. The number of aryl methyl sites for hydroxylation is 1. The minimum Gasteiger partial charge on any atom is -0.494 e. The molecule has 0 aliphatic heterocycles. The van der Waals surface area contributed by atoms with Crippen molar-refractivity contribution in [2.24, 2.45) is 0 Å². The van der Waals surface area contributed by atoms with Crippen LogP contribution in [0.4, 0.5) is 0 Å². The van der Waals surface area contributed by atoms with Crippen molar-refractivity contribution in [1.82, 2.24) is 0 Å². The maximum atomic E-state index is 10.4. The highest BCUT2D eigenvalue weighted by atomic mass is 35.5. The van der Waals surface area contributed by atoms with Crippen LogP contribution in [0.1, 0.15) is 18.1 Å². The Morgan fingerprint density at radius 3 is 2.79 bits per heavy atom. The maximum absolute atomic E-state index is 10.4. The summed E-state index contributed by atoms with van der Waals surface area (Å²) in [6.07, 6.45) is 1.19. The Kier molecular flexibility index (Phi) is 3.96. The molecule has 0 amide bonds. The number of halogens is 1. The normalized spacial score (nSPS) is 9.93. The van der Waals surface area contributed by atoms with Crippen molar-refractivity contribution in [1.29, 1.82) is 0 Å². The summed E-state index contributed by atoms with van der Waals surface area (Å²) in [7, 11) is 0. The minimum atomic E-state index is 0.343. The van der Waals surface area contributed by atoms with Crippen LogP contribution in [0.15, 0.2) is 12.1 Å². The second-order valence-corrected chi connectivity index (χ2v) is 3.42. The lowest BCUT2D eigenvalue weighted by Gasteiger charge is -2.10. The van der Waals surface area contributed by atoms with E-state index in [1.54, 1.807) is 6.07 Å². The Bertz CT molecular complexity index is 334. The first-order chi connectivity index (χ1) is 6.69. The summed E-state index contributed by atoms with van der Waals surface area (Å²) in [5.41, 5.74) is 1.81. The highest BCUT2D eigenvalue weighted by Gasteiger charge is 2.06. The first kappa shape index (κ1) is 11.1. The predicted molar refractivity (Wildman–Crippen MR) is 57.1 cm³/mol. The van der Waals surface area contributed by atoms with Crippen LogP contribution >= 0.6 is 11.6 Å².